The van der Waals surface area contributed by atoms with Crippen LogP contribution < -0.4 is 14.8 Å². The van der Waals surface area contributed by atoms with Gasteiger partial charge in [0.25, 0.3) is 5.76 Å². The van der Waals surface area contributed by atoms with Crippen molar-refractivity contribution in [3.63, 3.8) is 0 Å². The van der Waals surface area contributed by atoms with Crippen LogP contribution >= 0.6 is 11.8 Å². The second-order valence-corrected chi connectivity index (χ2v) is 7.55. The Morgan fingerprint density at radius 1 is 1.13 bits per heavy atom. The van der Waals surface area contributed by atoms with Crippen LogP contribution in [0, 0.1) is 0 Å². The van der Waals surface area contributed by atoms with Crippen LogP contribution in [0.25, 0.3) is 11.0 Å². The van der Waals surface area contributed by atoms with Gasteiger partial charge in [0.15, 0.2) is 16.7 Å². The molecular formula is C22H25F2N3O3S. The zero-order chi connectivity index (χ0) is 22.2. The van der Waals surface area contributed by atoms with Crippen LogP contribution in [0.3, 0.4) is 0 Å². The van der Waals surface area contributed by atoms with E-state index in [9.17, 15) is 13.6 Å². The molecule has 0 saturated heterocycles. The molecule has 0 radical (unpaired) electrons. The summed E-state index contributed by atoms with van der Waals surface area (Å²) < 4.78 is 38.5. The maximum atomic E-state index is 12.9. The van der Waals surface area contributed by atoms with Crippen molar-refractivity contribution in [3.05, 3.63) is 48.0 Å². The average Bonchev–Trinajstić information content (AvgIpc) is 3.06. The van der Waals surface area contributed by atoms with E-state index in [2.05, 4.69) is 10.3 Å². The lowest BCUT2D eigenvalue weighted by Gasteiger charge is -2.13. The van der Waals surface area contributed by atoms with Crippen molar-refractivity contribution in [3.8, 4) is 11.5 Å². The Kier molecular flexibility index (Phi) is 8.11. The molecule has 0 unspecified atom stereocenters. The van der Waals surface area contributed by atoms with E-state index < -0.39 is 5.76 Å². The average molecular weight is 450 g/mol. The molecule has 0 aliphatic rings. The second kappa shape index (κ2) is 11.0. The molecule has 3 aromatic rings. The fourth-order valence-electron chi connectivity index (χ4n) is 3.17. The first kappa shape index (κ1) is 22.9. The number of nitrogens with one attached hydrogen (secondary N) is 1. The van der Waals surface area contributed by atoms with Gasteiger partial charge in [-0.15, -0.1) is 0 Å². The van der Waals surface area contributed by atoms with Crippen molar-refractivity contribution in [2.75, 3.05) is 19.8 Å². The largest absolute Gasteiger partial charge is 0.490 e. The molecule has 0 atom stereocenters. The number of thioether (sulfide) groups is 1. The molecule has 166 valence electrons. The van der Waals surface area contributed by atoms with Gasteiger partial charge in [-0.05, 0) is 61.9 Å². The minimum atomic E-state index is -2.61. The lowest BCUT2D eigenvalue weighted by atomic mass is 10.1. The first-order valence-electron chi connectivity index (χ1n) is 10.1. The molecule has 0 saturated carbocycles. The van der Waals surface area contributed by atoms with Crippen LogP contribution in [0.1, 0.15) is 19.4 Å². The van der Waals surface area contributed by atoms with Crippen LogP contribution in [-0.4, -0.2) is 41.0 Å². The minimum Gasteiger partial charge on any atom is -0.490 e. The Balaban J connectivity index is 1.63. The number of carbonyl (C=O) groups excluding carboxylic acids is 1. The fraction of sp³-hybridized carbons (Fsp3) is 0.364. The van der Waals surface area contributed by atoms with E-state index in [-0.39, 0.29) is 17.6 Å². The van der Waals surface area contributed by atoms with E-state index in [1.807, 2.05) is 32.0 Å². The van der Waals surface area contributed by atoms with Crippen LogP contribution in [0.4, 0.5) is 8.78 Å². The van der Waals surface area contributed by atoms with Gasteiger partial charge < -0.3 is 19.4 Å². The Labute approximate surface area is 183 Å². The van der Waals surface area contributed by atoms with Gasteiger partial charge in [0, 0.05) is 6.54 Å². The maximum absolute atomic E-state index is 12.9. The van der Waals surface area contributed by atoms with E-state index in [4.69, 9.17) is 9.47 Å². The van der Waals surface area contributed by atoms with Crippen LogP contribution in [0.2, 0.25) is 0 Å². The molecule has 0 spiro atoms. The summed E-state index contributed by atoms with van der Waals surface area (Å²) in [6.07, 6.45) is 0.599. The van der Waals surface area contributed by atoms with E-state index in [0.29, 0.717) is 60.5 Å². The molecule has 0 aliphatic heterocycles. The highest BCUT2D eigenvalue weighted by atomic mass is 32.2. The molecule has 31 heavy (non-hydrogen) atoms. The van der Waals surface area contributed by atoms with E-state index >= 15 is 0 Å². The van der Waals surface area contributed by atoms with Gasteiger partial charge in [0.1, 0.15) is 6.54 Å². The van der Waals surface area contributed by atoms with Gasteiger partial charge >= 0.3 is 0 Å². The van der Waals surface area contributed by atoms with Crippen LogP contribution in [-0.2, 0) is 17.8 Å². The number of halogens is 2. The summed E-state index contributed by atoms with van der Waals surface area (Å²) in [5.74, 6) is -1.52. The Bertz CT molecular complexity index is 1030. The van der Waals surface area contributed by atoms with Gasteiger partial charge in [-0.1, -0.05) is 18.2 Å². The Morgan fingerprint density at radius 2 is 1.87 bits per heavy atom. The normalized spacial score (nSPS) is 11.1. The van der Waals surface area contributed by atoms with Crippen molar-refractivity contribution < 1.29 is 23.0 Å². The standard InChI is InChI=1S/C22H25F2N3O3S/c1-3-29-18-10-9-15(13-19(18)30-4-2)11-12-25-20(28)14-27-17-8-6-5-7-16(17)26-22(27)31-21(23)24/h5-10,13,21H,3-4,11-12,14H2,1-2H3,(H,25,28). The lowest BCUT2D eigenvalue weighted by Crippen LogP contribution is -2.29. The molecule has 0 bridgehead atoms. The number of hydrogen-bond acceptors (Lipinski definition) is 5. The number of fused-ring (bicyclic) bond motifs is 1. The van der Waals surface area contributed by atoms with Crippen molar-refractivity contribution in [1.82, 2.24) is 14.9 Å². The van der Waals surface area contributed by atoms with Gasteiger partial charge in [-0.25, -0.2) is 4.98 Å². The van der Waals surface area contributed by atoms with E-state index in [0.717, 1.165) is 5.56 Å². The number of carbonyl (C=O) groups is 1. The smallest absolute Gasteiger partial charge is 0.291 e. The van der Waals surface area contributed by atoms with Gasteiger partial charge in [-0.2, -0.15) is 8.78 Å². The Hall–Kier alpha value is -2.81. The Morgan fingerprint density at radius 3 is 2.61 bits per heavy atom. The highest BCUT2D eigenvalue weighted by Crippen LogP contribution is 2.29. The molecule has 9 heteroatoms. The number of aromatic nitrogens is 2. The molecule has 6 nitrogen and oxygen atoms in total. The predicted molar refractivity (Wildman–Crippen MR) is 117 cm³/mol. The zero-order valence-corrected chi connectivity index (χ0v) is 18.3. The van der Waals surface area contributed by atoms with E-state index in [1.54, 1.807) is 24.3 Å². The number of benzene rings is 2. The zero-order valence-electron chi connectivity index (χ0n) is 17.4. The first-order chi connectivity index (χ1) is 15.0. The summed E-state index contributed by atoms with van der Waals surface area (Å²) in [7, 11) is 0. The maximum Gasteiger partial charge on any atom is 0.291 e. The number of amides is 1. The number of nitrogens with zero attached hydrogens (tertiary/aromatic N) is 2. The van der Waals surface area contributed by atoms with Gasteiger partial charge in [0.2, 0.25) is 5.91 Å². The summed E-state index contributed by atoms with van der Waals surface area (Å²) >= 11 is 0.338. The number of para-hydroxylation sites is 2. The van der Waals surface area contributed by atoms with Crippen LogP contribution in [0.15, 0.2) is 47.6 Å². The summed E-state index contributed by atoms with van der Waals surface area (Å²) in [4.78, 5) is 16.7. The SMILES string of the molecule is CCOc1ccc(CCNC(=O)Cn2c(SC(F)F)nc3ccccc32)cc1OCC. The molecule has 1 N–H and O–H groups in total. The molecule has 2 aromatic carbocycles. The monoisotopic (exact) mass is 449 g/mol. The fourth-order valence-corrected chi connectivity index (χ4v) is 3.77. The quantitative estimate of drug-likeness (QED) is 0.437. The van der Waals surface area contributed by atoms with Crippen molar-refractivity contribution in [2.24, 2.45) is 0 Å². The molecule has 1 aromatic heterocycles. The third kappa shape index (κ3) is 6.10. The highest BCUT2D eigenvalue weighted by Gasteiger charge is 2.17. The van der Waals surface area contributed by atoms with Crippen molar-refractivity contribution in [2.45, 2.75) is 37.7 Å². The third-order valence-corrected chi connectivity index (χ3v) is 5.16. The molecule has 0 fully saturated rings. The first-order valence-corrected chi connectivity index (χ1v) is 10.9. The van der Waals surface area contributed by atoms with Crippen molar-refractivity contribution >= 4 is 28.7 Å². The number of rotatable bonds is 11. The number of ether oxygens (including phenoxy) is 2. The number of alkyl halides is 2. The molecule has 1 amide bonds. The van der Waals surface area contributed by atoms with E-state index in [1.165, 1.54) is 4.57 Å². The van der Waals surface area contributed by atoms with Gasteiger partial charge in [0.05, 0.1) is 24.2 Å². The minimum absolute atomic E-state index is 0.0803. The van der Waals surface area contributed by atoms with Crippen LogP contribution in [0.5, 0.6) is 11.5 Å². The molecule has 3 rings (SSSR count). The molecule has 1 heterocycles. The van der Waals surface area contributed by atoms with Crippen molar-refractivity contribution in [1.29, 1.82) is 0 Å². The predicted octanol–water partition coefficient (Wildman–Crippen LogP) is 4.51. The topological polar surface area (TPSA) is 65.4 Å². The summed E-state index contributed by atoms with van der Waals surface area (Å²) in [5, 5.41) is 2.97. The molecule has 0 aliphatic carbocycles. The lowest BCUT2D eigenvalue weighted by molar-refractivity contribution is -0.121. The summed E-state index contributed by atoms with van der Waals surface area (Å²) in [6, 6.07) is 12.8. The number of imidazole rings is 1. The van der Waals surface area contributed by atoms with Gasteiger partial charge in [-0.3, -0.25) is 4.79 Å². The second-order valence-electron chi connectivity index (χ2n) is 6.59. The highest BCUT2D eigenvalue weighted by molar-refractivity contribution is 7.99. The third-order valence-electron chi connectivity index (χ3n) is 4.46. The summed E-state index contributed by atoms with van der Waals surface area (Å²) in [5.41, 5.74) is 2.22. The summed E-state index contributed by atoms with van der Waals surface area (Å²) in [6.45, 7) is 5.21. The molecular weight excluding hydrogens is 424 g/mol. The number of hydrogen-bond donors (Lipinski definition) is 1.